The second-order valence-corrected chi connectivity index (χ2v) is 7.80. The summed E-state index contributed by atoms with van der Waals surface area (Å²) in [7, 11) is 0. The number of halogens is 2. The second kappa shape index (κ2) is 6.71. The molecule has 4 nitrogen and oxygen atoms in total. The van der Waals surface area contributed by atoms with Crippen molar-refractivity contribution < 1.29 is 4.39 Å². The maximum Gasteiger partial charge on any atom is 0.253 e. The van der Waals surface area contributed by atoms with Gasteiger partial charge in [0.05, 0.1) is 5.56 Å². The van der Waals surface area contributed by atoms with Crippen molar-refractivity contribution in [2.75, 3.05) is 0 Å². The van der Waals surface area contributed by atoms with Gasteiger partial charge in [-0.05, 0) is 43.7 Å². The molecule has 0 saturated carbocycles. The van der Waals surface area contributed by atoms with Crippen LogP contribution in [0.25, 0.3) is 0 Å². The number of hydrogen-bond acceptors (Lipinski definition) is 3. The number of aryl methyl sites for hydroxylation is 2. The SMILES string of the molecule is CCn1cc([C@]2(c3cccc(Br)c3)N=C(N)c3c(F)cccc32)cc(C)c1=O. The first-order chi connectivity index (χ1) is 13.4. The van der Waals surface area contributed by atoms with Crippen molar-refractivity contribution in [3.8, 4) is 0 Å². The van der Waals surface area contributed by atoms with Gasteiger partial charge < -0.3 is 10.3 Å². The molecule has 0 bridgehead atoms. The highest BCUT2D eigenvalue weighted by Crippen LogP contribution is 2.46. The molecule has 2 N–H and O–H groups in total. The maximum absolute atomic E-state index is 14.7. The Labute approximate surface area is 170 Å². The number of benzene rings is 2. The predicted molar refractivity (Wildman–Crippen MR) is 112 cm³/mol. The van der Waals surface area contributed by atoms with Crippen LogP contribution in [-0.2, 0) is 12.1 Å². The van der Waals surface area contributed by atoms with Crippen molar-refractivity contribution in [1.29, 1.82) is 0 Å². The summed E-state index contributed by atoms with van der Waals surface area (Å²) in [4.78, 5) is 17.3. The minimum atomic E-state index is -1.03. The van der Waals surface area contributed by atoms with Gasteiger partial charge in [0.2, 0.25) is 0 Å². The van der Waals surface area contributed by atoms with Crippen LogP contribution < -0.4 is 11.3 Å². The highest BCUT2D eigenvalue weighted by Gasteiger charge is 2.44. The number of aromatic nitrogens is 1. The van der Waals surface area contributed by atoms with Crippen LogP contribution in [0.15, 0.2) is 69.0 Å². The van der Waals surface area contributed by atoms with E-state index in [0.717, 1.165) is 15.6 Å². The van der Waals surface area contributed by atoms with E-state index in [9.17, 15) is 9.18 Å². The summed E-state index contributed by atoms with van der Waals surface area (Å²) in [6.07, 6.45) is 1.80. The quantitative estimate of drug-likeness (QED) is 0.667. The van der Waals surface area contributed by atoms with E-state index in [1.54, 1.807) is 23.8 Å². The van der Waals surface area contributed by atoms with Crippen LogP contribution in [0.4, 0.5) is 4.39 Å². The van der Waals surface area contributed by atoms with E-state index >= 15 is 0 Å². The molecule has 1 atom stereocenters. The smallest absolute Gasteiger partial charge is 0.253 e. The number of hydrogen-bond donors (Lipinski definition) is 1. The van der Waals surface area contributed by atoms with Crippen molar-refractivity contribution in [3.05, 3.63) is 103 Å². The molecule has 0 unspecified atom stereocenters. The largest absolute Gasteiger partial charge is 0.383 e. The number of pyridine rings is 1. The Morgan fingerprint density at radius 1 is 1.18 bits per heavy atom. The Kier molecular flexibility index (Phi) is 4.46. The Balaban J connectivity index is 2.15. The first-order valence-electron chi connectivity index (χ1n) is 9.00. The van der Waals surface area contributed by atoms with Gasteiger partial charge in [0.15, 0.2) is 0 Å². The zero-order chi connectivity index (χ0) is 20.1. The first-order valence-corrected chi connectivity index (χ1v) is 9.80. The molecule has 0 spiro atoms. The van der Waals surface area contributed by atoms with Crippen LogP contribution in [0.1, 0.15) is 34.7 Å². The van der Waals surface area contributed by atoms with Crippen molar-refractivity contribution >= 4 is 21.8 Å². The molecule has 1 aliphatic heterocycles. The molecule has 4 rings (SSSR count). The summed E-state index contributed by atoms with van der Waals surface area (Å²) in [5.74, 6) is -0.254. The second-order valence-electron chi connectivity index (χ2n) is 6.88. The summed E-state index contributed by atoms with van der Waals surface area (Å²) in [6, 6.07) is 14.4. The van der Waals surface area contributed by atoms with Gasteiger partial charge in [-0.1, -0.05) is 40.2 Å². The number of nitrogens with two attached hydrogens (primary N) is 1. The number of amidine groups is 1. The third-order valence-corrected chi connectivity index (χ3v) is 5.71. The lowest BCUT2D eigenvalue weighted by Crippen LogP contribution is -2.30. The minimum absolute atomic E-state index is 0.0509. The lowest BCUT2D eigenvalue weighted by molar-refractivity contribution is 0.610. The van der Waals surface area contributed by atoms with E-state index in [1.165, 1.54) is 6.07 Å². The molecule has 142 valence electrons. The van der Waals surface area contributed by atoms with Gasteiger partial charge in [0, 0.05) is 33.9 Å². The normalized spacial score (nSPS) is 18.1. The molecule has 3 aromatic rings. The average molecular weight is 440 g/mol. The number of nitrogens with zero attached hydrogens (tertiary/aromatic N) is 2. The molecule has 28 heavy (non-hydrogen) atoms. The third-order valence-electron chi connectivity index (χ3n) is 5.21. The molecule has 2 aromatic carbocycles. The van der Waals surface area contributed by atoms with E-state index in [1.807, 2.05) is 43.3 Å². The van der Waals surface area contributed by atoms with Gasteiger partial charge in [-0.15, -0.1) is 0 Å². The van der Waals surface area contributed by atoms with Crippen LogP contribution in [0, 0.1) is 12.7 Å². The third kappa shape index (κ3) is 2.63. The van der Waals surface area contributed by atoms with Crippen molar-refractivity contribution in [2.45, 2.75) is 25.9 Å². The fourth-order valence-electron chi connectivity index (χ4n) is 3.92. The molecule has 0 aliphatic carbocycles. The fourth-order valence-corrected chi connectivity index (χ4v) is 4.32. The zero-order valence-corrected chi connectivity index (χ0v) is 17.1. The number of aliphatic imine (C=N–C) groups is 1. The molecule has 0 radical (unpaired) electrons. The monoisotopic (exact) mass is 439 g/mol. The highest BCUT2D eigenvalue weighted by atomic mass is 79.9. The van der Waals surface area contributed by atoms with Gasteiger partial charge >= 0.3 is 0 Å². The van der Waals surface area contributed by atoms with Crippen LogP contribution in [-0.4, -0.2) is 10.4 Å². The summed E-state index contributed by atoms with van der Waals surface area (Å²) in [5.41, 5.74) is 8.33. The van der Waals surface area contributed by atoms with Crippen LogP contribution in [0.2, 0.25) is 0 Å². The topological polar surface area (TPSA) is 60.4 Å². The van der Waals surface area contributed by atoms with E-state index < -0.39 is 11.4 Å². The summed E-state index contributed by atoms with van der Waals surface area (Å²) in [6.45, 7) is 4.22. The summed E-state index contributed by atoms with van der Waals surface area (Å²) >= 11 is 3.52. The predicted octanol–water partition coefficient (Wildman–Crippen LogP) is 4.09. The van der Waals surface area contributed by atoms with Crippen molar-refractivity contribution in [1.82, 2.24) is 4.57 Å². The number of rotatable bonds is 3. The van der Waals surface area contributed by atoms with E-state index in [-0.39, 0.29) is 11.4 Å². The molecular formula is C22H19BrFN3O. The molecule has 0 saturated heterocycles. The van der Waals surface area contributed by atoms with E-state index in [2.05, 4.69) is 15.9 Å². The Bertz CT molecular complexity index is 1180. The van der Waals surface area contributed by atoms with E-state index in [0.29, 0.717) is 23.2 Å². The molecule has 2 heterocycles. The van der Waals surface area contributed by atoms with Crippen LogP contribution >= 0.6 is 15.9 Å². The number of fused-ring (bicyclic) bond motifs is 1. The first kappa shape index (κ1) is 18.6. The summed E-state index contributed by atoms with van der Waals surface area (Å²) < 4.78 is 17.2. The highest BCUT2D eigenvalue weighted by molar-refractivity contribution is 9.10. The minimum Gasteiger partial charge on any atom is -0.383 e. The molecular weight excluding hydrogens is 421 g/mol. The Morgan fingerprint density at radius 2 is 1.93 bits per heavy atom. The summed E-state index contributed by atoms with van der Waals surface area (Å²) in [5, 5.41) is 0. The maximum atomic E-state index is 14.7. The van der Waals surface area contributed by atoms with Gasteiger partial charge in [0.1, 0.15) is 17.2 Å². The van der Waals surface area contributed by atoms with Gasteiger partial charge in [0.25, 0.3) is 5.56 Å². The van der Waals surface area contributed by atoms with Gasteiger partial charge in [-0.3, -0.25) is 4.79 Å². The lowest BCUT2D eigenvalue weighted by Gasteiger charge is -2.30. The molecule has 6 heteroatoms. The van der Waals surface area contributed by atoms with Crippen LogP contribution in [0.5, 0.6) is 0 Å². The van der Waals surface area contributed by atoms with Crippen LogP contribution in [0.3, 0.4) is 0 Å². The lowest BCUT2D eigenvalue weighted by atomic mass is 9.78. The zero-order valence-electron chi connectivity index (χ0n) is 15.5. The van der Waals surface area contributed by atoms with Crippen molar-refractivity contribution in [2.24, 2.45) is 10.7 Å². The van der Waals surface area contributed by atoms with E-state index in [4.69, 9.17) is 10.7 Å². The molecule has 1 aromatic heterocycles. The van der Waals surface area contributed by atoms with Crippen molar-refractivity contribution in [3.63, 3.8) is 0 Å². The molecule has 0 amide bonds. The fraction of sp³-hybridized carbons (Fsp3) is 0.182. The van der Waals surface area contributed by atoms with Gasteiger partial charge in [-0.2, -0.15) is 0 Å². The Morgan fingerprint density at radius 3 is 2.64 bits per heavy atom. The molecule has 1 aliphatic rings. The average Bonchev–Trinajstić information content (AvgIpc) is 2.98. The standard InChI is InChI=1S/C22H19BrFN3O/c1-3-27-12-15(10-13(2)21(27)28)22(14-6-4-7-16(23)11-14)17-8-5-9-18(24)19(17)20(25)26-22/h4-12H,3H2,1-2H3,(H2,25,26)/t22-/m0/s1. The van der Waals surface area contributed by atoms with Gasteiger partial charge in [-0.25, -0.2) is 9.38 Å². The Hall–Kier alpha value is -2.73. The molecule has 0 fully saturated rings.